The van der Waals surface area contributed by atoms with Gasteiger partial charge in [-0.2, -0.15) is 0 Å². The monoisotopic (exact) mass is 427 g/mol. The summed E-state index contributed by atoms with van der Waals surface area (Å²) in [5, 5.41) is 5.59. The lowest BCUT2D eigenvalue weighted by Gasteiger charge is -2.10. The molecule has 0 aliphatic rings. The topological polar surface area (TPSA) is 81.2 Å². The standard InChI is InChI=1S/C21H21N3O3S2/c1-4-27-18(25)11-15-12-28-21(23-15)24-19(26)16-6-5-9-22-20(16)29-17-10-13(2)7-8-14(17)3/h5-10,12H,4,11H2,1-3H3,(H,23,24,26). The number of pyridine rings is 1. The van der Waals surface area contributed by atoms with Crippen molar-refractivity contribution in [3.05, 3.63) is 64.3 Å². The third-order valence-electron chi connectivity index (χ3n) is 3.97. The fourth-order valence-corrected chi connectivity index (χ4v) is 4.31. The number of rotatable bonds is 7. The molecule has 2 aromatic heterocycles. The highest BCUT2D eigenvalue weighted by molar-refractivity contribution is 7.99. The summed E-state index contributed by atoms with van der Waals surface area (Å²) in [7, 11) is 0. The van der Waals surface area contributed by atoms with Gasteiger partial charge in [-0.25, -0.2) is 9.97 Å². The molecule has 3 aromatic rings. The largest absolute Gasteiger partial charge is 0.466 e. The number of hydrogen-bond donors (Lipinski definition) is 1. The van der Waals surface area contributed by atoms with Crippen molar-refractivity contribution < 1.29 is 14.3 Å². The Morgan fingerprint density at radius 2 is 2.07 bits per heavy atom. The minimum Gasteiger partial charge on any atom is -0.466 e. The van der Waals surface area contributed by atoms with E-state index in [1.165, 1.54) is 23.1 Å². The first-order chi connectivity index (χ1) is 14.0. The SMILES string of the molecule is CCOC(=O)Cc1csc(NC(=O)c2cccnc2Sc2cc(C)ccc2C)n1. The zero-order valence-corrected chi connectivity index (χ0v) is 18.0. The molecule has 0 saturated carbocycles. The van der Waals surface area contributed by atoms with E-state index in [2.05, 4.69) is 33.5 Å². The Balaban J connectivity index is 1.74. The average Bonchev–Trinajstić information content (AvgIpc) is 3.12. The molecule has 0 atom stereocenters. The number of aromatic nitrogens is 2. The van der Waals surface area contributed by atoms with Crippen LogP contribution in [0.2, 0.25) is 0 Å². The lowest BCUT2D eigenvalue weighted by molar-refractivity contribution is -0.142. The number of amides is 1. The van der Waals surface area contributed by atoms with Crippen LogP contribution in [0.3, 0.4) is 0 Å². The second-order valence-corrected chi connectivity index (χ2v) is 8.20. The fourth-order valence-electron chi connectivity index (χ4n) is 2.54. The molecule has 0 aliphatic heterocycles. The number of anilines is 1. The number of nitrogens with zero attached hydrogens (tertiary/aromatic N) is 2. The van der Waals surface area contributed by atoms with Gasteiger partial charge in [-0.15, -0.1) is 11.3 Å². The van der Waals surface area contributed by atoms with E-state index in [1.807, 2.05) is 13.8 Å². The molecule has 1 N–H and O–H groups in total. The van der Waals surface area contributed by atoms with Crippen molar-refractivity contribution >= 4 is 40.1 Å². The molecule has 6 nitrogen and oxygen atoms in total. The van der Waals surface area contributed by atoms with Crippen LogP contribution in [0.25, 0.3) is 0 Å². The van der Waals surface area contributed by atoms with E-state index in [1.54, 1.807) is 30.6 Å². The molecule has 150 valence electrons. The number of esters is 1. The Morgan fingerprint density at radius 3 is 2.86 bits per heavy atom. The Morgan fingerprint density at radius 1 is 1.24 bits per heavy atom. The summed E-state index contributed by atoms with van der Waals surface area (Å²) >= 11 is 2.73. The van der Waals surface area contributed by atoms with Gasteiger partial charge in [0.25, 0.3) is 5.91 Å². The van der Waals surface area contributed by atoms with E-state index >= 15 is 0 Å². The minimum atomic E-state index is -0.338. The third kappa shape index (κ3) is 5.65. The first kappa shape index (κ1) is 21.0. The van der Waals surface area contributed by atoms with Gasteiger partial charge in [-0.05, 0) is 50.1 Å². The van der Waals surface area contributed by atoms with Crippen LogP contribution in [0.1, 0.15) is 34.1 Å². The zero-order chi connectivity index (χ0) is 20.8. The quantitative estimate of drug-likeness (QED) is 0.552. The zero-order valence-electron chi connectivity index (χ0n) is 16.4. The van der Waals surface area contributed by atoms with Gasteiger partial charge >= 0.3 is 5.97 Å². The van der Waals surface area contributed by atoms with Crippen LogP contribution in [-0.4, -0.2) is 28.5 Å². The number of carbonyl (C=O) groups excluding carboxylic acids is 2. The van der Waals surface area contributed by atoms with E-state index in [-0.39, 0.29) is 18.3 Å². The van der Waals surface area contributed by atoms with E-state index in [9.17, 15) is 9.59 Å². The molecule has 0 fully saturated rings. The number of benzene rings is 1. The molecule has 0 bridgehead atoms. The van der Waals surface area contributed by atoms with Crippen molar-refractivity contribution in [1.29, 1.82) is 0 Å². The Kier molecular flexibility index (Phi) is 7.00. The summed E-state index contributed by atoms with van der Waals surface area (Å²) in [6, 6.07) is 9.67. The van der Waals surface area contributed by atoms with Crippen molar-refractivity contribution in [2.75, 3.05) is 11.9 Å². The Hall–Kier alpha value is -2.71. The van der Waals surface area contributed by atoms with E-state index in [0.717, 1.165) is 16.0 Å². The van der Waals surface area contributed by atoms with Crippen molar-refractivity contribution in [2.45, 2.75) is 37.1 Å². The lowest BCUT2D eigenvalue weighted by Crippen LogP contribution is -2.14. The van der Waals surface area contributed by atoms with Crippen LogP contribution in [-0.2, 0) is 16.0 Å². The number of ether oxygens (including phenoxy) is 1. The van der Waals surface area contributed by atoms with Gasteiger partial charge in [0.2, 0.25) is 0 Å². The maximum absolute atomic E-state index is 12.8. The maximum atomic E-state index is 12.8. The van der Waals surface area contributed by atoms with Gasteiger partial charge in [0, 0.05) is 16.5 Å². The fraction of sp³-hybridized carbons (Fsp3) is 0.238. The van der Waals surface area contributed by atoms with E-state index < -0.39 is 0 Å². The molecule has 1 amide bonds. The number of nitrogens with one attached hydrogen (secondary N) is 1. The lowest BCUT2D eigenvalue weighted by atomic mass is 10.2. The smallest absolute Gasteiger partial charge is 0.311 e. The molecule has 2 heterocycles. The number of hydrogen-bond acceptors (Lipinski definition) is 7. The van der Waals surface area contributed by atoms with Crippen LogP contribution >= 0.6 is 23.1 Å². The summed E-state index contributed by atoms with van der Waals surface area (Å²) in [6.07, 6.45) is 1.76. The van der Waals surface area contributed by atoms with Gasteiger partial charge in [-0.3, -0.25) is 14.9 Å². The Labute approximate surface area is 177 Å². The summed E-state index contributed by atoms with van der Waals surface area (Å²) in [5.41, 5.74) is 3.32. The molecule has 0 saturated heterocycles. The summed E-state index contributed by atoms with van der Waals surface area (Å²) in [6.45, 7) is 6.15. The first-order valence-electron chi connectivity index (χ1n) is 9.07. The minimum absolute atomic E-state index is 0.0842. The third-order valence-corrected chi connectivity index (χ3v) is 5.95. The van der Waals surface area contributed by atoms with E-state index in [4.69, 9.17) is 4.74 Å². The van der Waals surface area contributed by atoms with Crippen molar-refractivity contribution in [3.63, 3.8) is 0 Å². The molecule has 1 aromatic carbocycles. The first-order valence-corrected chi connectivity index (χ1v) is 10.8. The van der Waals surface area contributed by atoms with Gasteiger partial charge in [0.1, 0.15) is 5.03 Å². The van der Waals surface area contributed by atoms with Crippen LogP contribution in [0.15, 0.2) is 51.8 Å². The van der Waals surface area contributed by atoms with Crippen LogP contribution in [0, 0.1) is 13.8 Å². The van der Waals surface area contributed by atoms with Crippen molar-refractivity contribution in [2.24, 2.45) is 0 Å². The second-order valence-electron chi connectivity index (χ2n) is 6.31. The number of carbonyl (C=O) groups is 2. The normalized spacial score (nSPS) is 10.6. The molecule has 0 aliphatic carbocycles. The molecule has 29 heavy (non-hydrogen) atoms. The van der Waals surface area contributed by atoms with Crippen LogP contribution in [0.4, 0.5) is 5.13 Å². The summed E-state index contributed by atoms with van der Waals surface area (Å²) in [5.74, 6) is -0.627. The molecule has 0 unspecified atom stereocenters. The van der Waals surface area contributed by atoms with Crippen molar-refractivity contribution in [1.82, 2.24) is 9.97 Å². The highest BCUT2D eigenvalue weighted by Crippen LogP contribution is 2.32. The molecule has 3 rings (SSSR count). The highest BCUT2D eigenvalue weighted by atomic mass is 32.2. The maximum Gasteiger partial charge on any atom is 0.311 e. The molecule has 0 spiro atoms. The highest BCUT2D eigenvalue weighted by Gasteiger charge is 2.16. The number of aryl methyl sites for hydroxylation is 2. The predicted octanol–water partition coefficient (Wildman–Crippen LogP) is 4.66. The number of thiazole rings is 1. The predicted molar refractivity (Wildman–Crippen MR) is 115 cm³/mol. The van der Waals surface area contributed by atoms with Crippen LogP contribution < -0.4 is 5.32 Å². The Bertz CT molecular complexity index is 1030. The average molecular weight is 428 g/mol. The molecular formula is C21H21N3O3S2. The van der Waals surface area contributed by atoms with Gasteiger partial charge in [0.05, 0.1) is 24.3 Å². The van der Waals surface area contributed by atoms with E-state index in [0.29, 0.717) is 28.0 Å². The molecule has 0 radical (unpaired) electrons. The molecule has 8 heteroatoms. The van der Waals surface area contributed by atoms with Crippen LogP contribution in [0.5, 0.6) is 0 Å². The molecular weight excluding hydrogens is 406 g/mol. The van der Waals surface area contributed by atoms with Crippen molar-refractivity contribution in [3.8, 4) is 0 Å². The van der Waals surface area contributed by atoms with Gasteiger partial charge < -0.3 is 4.74 Å². The van der Waals surface area contributed by atoms with Gasteiger partial charge in [-0.1, -0.05) is 23.9 Å². The summed E-state index contributed by atoms with van der Waals surface area (Å²) < 4.78 is 4.92. The van der Waals surface area contributed by atoms with Gasteiger partial charge in [0.15, 0.2) is 5.13 Å². The summed E-state index contributed by atoms with van der Waals surface area (Å²) in [4.78, 5) is 34.2. The second kappa shape index (κ2) is 9.67.